The first kappa shape index (κ1) is 12.3. The van der Waals surface area contributed by atoms with Crippen LogP contribution in [0.25, 0.3) is 0 Å². The third-order valence-electron chi connectivity index (χ3n) is 3.15. The Morgan fingerprint density at radius 1 is 1.59 bits per heavy atom. The fraction of sp³-hybridized carbons (Fsp3) is 0.615. The van der Waals surface area contributed by atoms with Crippen LogP contribution in [0.4, 0.5) is 5.82 Å². The van der Waals surface area contributed by atoms with Crippen molar-refractivity contribution < 1.29 is 9.84 Å². The number of likely N-dealkylation sites (N-methyl/N-ethyl adjacent to an activating group) is 1. The van der Waals surface area contributed by atoms with Crippen LogP contribution in [0.5, 0.6) is 0 Å². The molecule has 0 saturated carbocycles. The summed E-state index contributed by atoms with van der Waals surface area (Å²) in [5.41, 5.74) is 0.847. The molecular formula is C13H20N2O2. The third-order valence-corrected chi connectivity index (χ3v) is 3.15. The van der Waals surface area contributed by atoms with Gasteiger partial charge in [0.2, 0.25) is 0 Å². The second-order valence-corrected chi connectivity index (χ2v) is 4.64. The molecule has 0 spiro atoms. The van der Waals surface area contributed by atoms with Crippen LogP contribution in [0, 0.1) is 0 Å². The number of anilines is 1. The summed E-state index contributed by atoms with van der Waals surface area (Å²) in [6.45, 7) is 3.50. The Morgan fingerprint density at radius 3 is 2.94 bits per heavy atom. The number of hydrogen-bond acceptors (Lipinski definition) is 4. The molecule has 0 bridgehead atoms. The van der Waals surface area contributed by atoms with E-state index in [0.717, 1.165) is 37.4 Å². The molecule has 1 N–H and O–H groups in total. The lowest BCUT2D eigenvalue weighted by Crippen LogP contribution is -2.29. The highest BCUT2D eigenvalue weighted by atomic mass is 16.5. The number of aliphatic hydroxyl groups is 1. The Hall–Kier alpha value is -1.13. The first-order chi connectivity index (χ1) is 8.16. The smallest absolute Gasteiger partial charge is 0.128 e. The number of hydrogen-bond donors (Lipinski definition) is 1. The van der Waals surface area contributed by atoms with E-state index < -0.39 is 6.10 Å². The zero-order chi connectivity index (χ0) is 12.3. The van der Waals surface area contributed by atoms with Gasteiger partial charge in [-0.25, -0.2) is 4.98 Å². The SMILES string of the molecule is C[C@H](O)c1ccc(N(C)CC2CCCO2)nc1. The molecule has 1 aromatic rings. The van der Waals surface area contributed by atoms with Crippen molar-refractivity contribution in [2.45, 2.75) is 32.0 Å². The Labute approximate surface area is 102 Å². The van der Waals surface area contributed by atoms with Crippen molar-refractivity contribution >= 4 is 5.82 Å². The normalized spacial score (nSPS) is 21.5. The molecule has 0 radical (unpaired) electrons. The van der Waals surface area contributed by atoms with Crippen molar-refractivity contribution in [1.29, 1.82) is 0 Å². The van der Waals surface area contributed by atoms with Crippen LogP contribution in [-0.4, -0.2) is 36.4 Å². The van der Waals surface area contributed by atoms with Crippen LogP contribution in [0.2, 0.25) is 0 Å². The lowest BCUT2D eigenvalue weighted by molar-refractivity contribution is 0.116. The predicted octanol–water partition coefficient (Wildman–Crippen LogP) is 1.75. The van der Waals surface area contributed by atoms with E-state index in [1.54, 1.807) is 13.1 Å². The van der Waals surface area contributed by atoms with Gasteiger partial charge in [-0.15, -0.1) is 0 Å². The Bertz CT molecular complexity index is 345. The minimum atomic E-state index is -0.458. The van der Waals surface area contributed by atoms with Crippen molar-refractivity contribution in [2.75, 3.05) is 25.1 Å². The molecule has 94 valence electrons. The lowest BCUT2D eigenvalue weighted by Gasteiger charge is -2.21. The zero-order valence-corrected chi connectivity index (χ0v) is 10.5. The van der Waals surface area contributed by atoms with Gasteiger partial charge in [0.1, 0.15) is 5.82 Å². The Balaban J connectivity index is 1.96. The van der Waals surface area contributed by atoms with Gasteiger partial charge < -0.3 is 14.7 Å². The summed E-state index contributed by atoms with van der Waals surface area (Å²) >= 11 is 0. The number of rotatable bonds is 4. The fourth-order valence-electron chi connectivity index (χ4n) is 2.06. The average Bonchev–Trinajstić information content (AvgIpc) is 2.82. The molecule has 4 nitrogen and oxygen atoms in total. The van der Waals surface area contributed by atoms with E-state index in [9.17, 15) is 5.11 Å². The van der Waals surface area contributed by atoms with Gasteiger partial charge >= 0.3 is 0 Å². The summed E-state index contributed by atoms with van der Waals surface area (Å²) in [6, 6.07) is 3.86. The van der Waals surface area contributed by atoms with Gasteiger partial charge in [0.25, 0.3) is 0 Å². The van der Waals surface area contributed by atoms with Gasteiger partial charge in [-0.1, -0.05) is 6.07 Å². The predicted molar refractivity (Wildman–Crippen MR) is 67.1 cm³/mol. The van der Waals surface area contributed by atoms with Crippen molar-refractivity contribution in [1.82, 2.24) is 4.98 Å². The second kappa shape index (κ2) is 5.47. The summed E-state index contributed by atoms with van der Waals surface area (Å²) in [6.07, 6.45) is 3.90. The molecule has 2 heterocycles. The third kappa shape index (κ3) is 3.17. The van der Waals surface area contributed by atoms with E-state index in [1.165, 1.54) is 0 Å². The highest BCUT2D eigenvalue weighted by Gasteiger charge is 2.18. The van der Waals surface area contributed by atoms with Crippen LogP contribution < -0.4 is 4.90 Å². The van der Waals surface area contributed by atoms with Gasteiger partial charge in [0.05, 0.1) is 12.2 Å². The van der Waals surface area contributed by atoms with Gasteiger partial charge in [0, 0.05) is 26.4 Å². The van der Waals surface area contributed by atoms with Crippen LogP contribution in [0.3, 0.4) is 0 Å². The minimum absolute atomic E-state index is 0.332. The van der Waals surface area contributed by atoms with E-state index >= 15 is 0 Å². The molecule has 17 heavy (non-hydrogen) atoms. The molecule has 4 heteroatoms. The largest absolute Gasteiger partial charge is 0.389 e. The van der Waals surface area contributed by atoms with Gasteiger partial charge in [-0.05, 0) is 31.4 Å². The van der Waals surface area contributed by atoms with Crippen LogP contribution in [0.15, 0.2) is 18.3 Å². The van der Waals surface area contributed by atoms with Gasteiger partial charge in [-0.2, -0.15) is 0 Å². The first-order valence-electron chi connectivity index (χ1n) is 6.13. The lowest BCUT2D eigenvalue weighted by atomic mass is 10.2. The minimum Gasteiger partial charge on any atom is -0.389 e. The topological polar surface area (TPSA) is 45.6 Å². The molecule has 2 atom stereocenters. The number of aromatic nitrogens is 1. The maximum atomic E-state index is 9.41. The maximum absolute atomic E-state index is 9.41. The summed E-state index contributed by atoms with van der Waals surface area (Å²) in [5, 5.41) is 9.41. The summed E-state index contributed by atoms with van der Waals surface area (Å²) in [7, 11) is 2.02. The maximum Gasteiger partial charge on any atom is 0.128 e. The molecule has 1 fully saturated rings. The molecule has 1 aliphatic rings. The molecule has 1 unspecified atom stereocenters. The monoisotopic (exact) mass is 236 g/mol. The average molecular weight is 236 g/mol. The first-order valence-corrected chi connectivity index (χ1v) is 6.13. The zero-order valence-electron chi connectivity index (χ0n) is 10.5. The number of ether oxygens (including phenoxy) is 1. The van der Waals surface area contributed by atoms with Crippen molar-refractivity contribution in [3.05, 3.63) is 23.9 Å². The summed E-state index contributed by atoms with van der Waals surface area (Å²) in [5.74, 6) is 0.921. The molecule has 1 saturated heterocycles. The quantitative estimate of drug-likeness (QED) is 0.865. The van der Waals surface area contributed by atoms with Crippen LogP contribution in [0.1, 0.15) is 31.4 Å². The van der Waals surface area contributed by atoms with Crippen molar-refractivity contribution in [3.63, 3.8) is 0 Å². The molecule has 0 aromatic carbocycles. The molecule has 1 aliphatic heterocycles. The number of aliphatic hydroxyl groups excluding tert-OH is 1. The number of nitrogens with zero attached hydrogens (tertiary/aromatic N) is 2. The molecule has 2 rings (SSSR count). The number of pyridine rings is 1. The summed E-state index contributed by atoms with van der Waals surface area (Å²) < 4.78 is 5.60. The van der Waals surface area contributed by atoms with Crippen LogP contribution >= 0.6 is 0 Å². The van der Waals surface area contributed by atoms with Crippen molar-refractivity contribution in [3.8, 4) is 0 Å². The van der Waals surface area contributed by atoms with E-state index in [1.807, 2.05) is 19.2 Å². The van der Waals surface area contributed by atoms with Gasteiger partial charge in [-0.3, -0.25) is 0 Å². The molecule has 1 aromatic heterocycles. The van der Waals surface area contributed by atoms with E-state index in [-0.39, 0.29) is 0 Å². The Morgan fingerprint density at radius 2 is 2.41 bits per heavy atom. The van der Waals surface area contributed by atoms with E-state index in [4.69, 9.17) is 4.74 Å². The Kier molecular flexibility index (Phi) is 3.97. The van der Waals surface area contributed by atoms with E-state index in [0.29, 0.717) is 6.10 Å². The van der Waals surface area contributed by atoms with Gasteiger partial charge in [0.15, 0.2) is 0 Å². The molecule has 0 aliphatic carbocycles. The molecule has 0 amide bonds. The second-order valence-electron chi connectivity index (χ2n) is 4.64. The highest BCUT2D eigenvalue weighted by molar-refractivity contribution is 5.38. The molecular weight excluding hydrogens is 216 g/mol. The summed E-state index contributed by atoms with van der Waals surface area (Å²) in [4.78, 5) is 6.45. The fourth-order valence-corrected chi connectivity index (χ4v) is 2.06. The van der Waals surface area contributed by atoms with Crippen LogP contribution in [-0.2, 0) is 4.74 Å². The van der Waals surface area contributed by atoms with E-state index in [2.05, 4.69) is 9.88 Å². The highest BCUT2D eigenvalue weighted by Crippen LogP contribution is 2.18. The van der Waals surface area contributed by atoms with Crippen molar-refractivity contribution in [2.24, 2.45) is 0 Å². The standard InChI is InChI=1S/C13H20N2O2/c1-10(16)11-5-6-13(14-8-11)15(2)9-12-4-3-7-17-12/h5-6,8,10,12,16H,3-4,7,9H2,1-2H3/t10-,12?/m0/s1.